The standard InChI is InChI=1S/C15H21NO2/c1-3-15(17)18-11-7-10-14(12(2)16)13-8-5-4-6-9-13/h3-6,8-9,12,14H,1,7,10-11,16H2,2H3. The average Bonchev–Trinajstić information content (AvgIpc) is 2.38. The van der Waals surface area contributed by atoms with Crippen LogP contribution in [0, 0.1) is 0 Å². The van der Waals surface area contributed by atoms with E-state index in [4.69, 9.17) is 10.5 Å². The summed E-state index contributed by atoms with van der Waals surface area (Å²) in [5.74, 6) is -0.0688. The predicted octanol–water partition coefficient (Wildman–Crippen LogP) is 2.63. The van der Waals surface area contributed by atoms with Gasteiger partial charge in [-0.1, -0.05) is 36.9 Å². The van der Waals surface area contributed by atoms with Gasteiger partial charge in [0, 0.05) is 12.1 Å². The highest BCUT2D eigenvalue weighted by Gasteiger charge is 2.15. The molecule has 0 radical (unpaired) electrons. The third-order valence-corrected chi connectivity index (χ3v) is 2.93. The Morgan fingerprint density at radius 1 is 1.44 bits per heavy atom. The summed E-state index contributed by atoms with van der Waals surface area (Å²) in [5.41, 5.74) is 7.25. The highest BCUT2D eigenvalue weighted by atomic mass is 16.5. The molecule has 0 saturated heterocycles. The molecule has 1 rings (SSSR count). The molecule has 0 aliphatic carbocycles. The summed E-state index contributed by atoms with van der Waals surface area (Å²) in [6, 6.07) is 10.3. The molecule has 0 amide bonds. The van der Waals surface area contributed by atoms with Crippen LogP contribution >= 0.6 is 0 Å². The molecule has 0 aliphatic heterocycles. The topological polar surface area (TPSA) is 52.3 Å². The van der Waals surface area contributed by atoms with Crippen LogP contribution in [0.1, 0.15) is 31.2 Å². The van der Waals surface area contributed by atoms with Crippen LogP contribution in [0.3, 0.4) is 0 Å². The largest absolute Gasteiger partial charge is 0.463 e. The van der Waals surface area contributed by atoms with Crippen LogP contribution < -0.4 is 5.73 Å². The zero-order chi connectivity index (χ0) is 13.4. The quantitative estimate of drug-likeness (QED) is 0.458. The summed E-state index contributed by atoms with van der Waals surface area (Å²) in [5, 5.41) is 0. The molecule has 0 fully saturated rings. The Kier molecular flexibility index (Phi) is 6.15. The molecule has 0 spiro atoms. The highest BCUT2D eigenvalue weighted by Crippen LogP contribution is 2.23. The number of benzene rings is 1. The van der Waals surface area contributed by atoms with Crippen molar-refractivity contribution in [1.29, 1.82) is 0 Å². The molecule has 2 N–H and O–H groups in total. The Morgan fingerprint density at radius 2 is 2.11 bits per heavy atom. The molecule has 0 saturated carbocycles. The van der Waals surface area contributed by atoms with Gasteiger partial charge in [0.1, 0.15) is 0 Å². The smallest absolute Gasteiger partial charge is 0.330 e. The van der Waals surface area contributed by atoms with Gasteiger partial charge < -0.3 is 10.5 Å². The van der Waals surface area contributed by atoms with Crippen molar-refractivity contribution in [3.05, 3.63) is 48.6 Å². The van der Waals surface area contributed by atoms with E-state index < -0.39 is 0 Å². The number of esters is 1. The Morgan fingerprint density at radius 3 is 2.67 bits per heavy atom. The average molecular weight is 247 g/mol. The zero-order valence-electron chi connectivity index (χ0n) is 10.8. The van der Waals surface area contributed by atoms with E-state index in [-0.39, 0.29) is 12.0 Å². The van der Waals surface area contributed by atoms with Gasteiger partial charge in [-0.2, -0.15) is 0 Å². The zero-order valence-corrected chi connectivity index (χ0v) is 10.8. The maximum Gasteiger partial charge on any atom is 0.330 e. The first-order valence-electron chi connectivity index (χ1n) is 6.25. The van der Waals surface area contributed by atoms with Crippen molar-refractivity contribution in [2.75, 3.05) is 6.61 Å². The minimum atomic E-state index is -0.368. The summed E-state index contributed by atoms with van der Waals surface area (Å²) in [6.45, 7) is 5.78. The molecule has 1 aromatic carbocycles. The van der Waals surface area contributed by atoms with Crippen molar-refractivity contribution < 1.29 is 9.53 Å². The number of ether oxygens (including phenoxy) is 1. The maximum absolute atomic E-state index is 10.9. The molecule has 2 atom stereocenters. The number of rotatable bonds is 7. The van der Waals surface area contributed by atoms with Crippen molar-refractivity contribution in [3.8, 4) is 0 Å². The Hall–Kier alpha value is -1.61. The molecule has 0 aliphatic rings. The number of hydrogen-bond acceptors (Lipinski definition) is 3. The molecule has 2 unspecified atom stereocenters. The number of carbonyl (C=O) groups excluding carboxylic acids is 1. The summed E-state index contributed by atoms with van der Waals surface area (Å²) >= 11 is 0. The van der Waals surface area contributed by atoms with E-state index in [0.29, 0.717) is 12.5 Å². The van der Waals surface area contributed by atoms with E-state index in [1.54, 1.807) is 0 Å². The molecule has 18 heavy (non-hydrogen) atoms. The number of nitrogens with two attached hydrogens (primary N) is 1. The maximum atomic E-state index is 10.9. The van der Waals surface area contributed by atoms with Crippen LogP contribution in [-0.4, -0.2) is 18.6 Å². The van der Waals surface area contributed by atoms with E-state index in [9.17, 15) is 4.79 Å². The summed E-state index contributed by atoms with van der Waals surface area (Å²) in [4.78, 5) is 10.9. The first-order valence-corrected chi connectivity index (χ1v) is 6.25. The molecule has 3 nitrogen and oxygen atoms in total. The van der Waals surface area contributed by atoms with Crippen LogP contribution in [-0.2, 0) is 9.53 Å². The van der Waals surface area contributed by atoms with Crippen LogP contribution in [0.15, 0.2) is 43.0 Å². The van der Waals surface area contributed by atoms with E-state index in [0.717, 1.165) is 12.8 Å². The van der Waals surface area contributed by atoms with E-state index in [2.05, 4.69) is 18.7 Å². The lowest BCUT2D eigenvalue weighted by Gasteiger charge is -2.21. The first kappa shape index (κ1) is 14.5. The van der Waals surface area contributed by atoms with Gasteiger partial charge in [0.2, 0.25) is 0 Å². The first-order chi connectivity index (χ1) is 8.65. The van der Waals surface area contributed by atoms with Crippen LogP contribution in [0.25, 0.3) is 0 Å². The van der Waals surface area contributed by atoms with Crippen LogP contribution in [0.5, 0.6) is 0 Å². The highest BCUT2D eigenvalue weighted by molar-refractivity contribution is 5.81. The van der Waals surface area contributed by atoms with Crippen molar-refractivity contribution >= 4 is 5.97 Å². The second-order valence-corrected chi connectivity index (χ2v) is 4.39. The monoisotopic (exact) mass is 247 g/mol. The van der Waals surface area contributed by atoms with Crippen molar-refractivity contribution in [2.45, 2.75) is 31.7 Å². The number of carbonyl (C=O) groups is 1. The second-order valence-electron chi connectivity index (χ2n) is 4.39. The van der Waals surface area contributed by atoms with Crippen molar-refractivity contribution in [2.24, 2.45) is 5.73 Å². The summed E-state index contributed by atoms with van der Waals surface area (Å²) < 4.78 is 4.96. The van der Waals surface area contributed by atoms with Crippen molar-refractivity contribution in [3.63, 3.8) is 0 Å². The molecule has 3 heteroatoms. The fourth-order valence-corrected chi connectivity index (χ4v) is 1.97. The van der Waals surface area contributed by atoms with Crippen LogP contribution in [0.2, 0.25) is 0 Å². The molecule has 98 valence electrons. The normalized spacial score (nSPS) is 13.7. The predicted molar refractivity (Wildman–Crippen MR) is 73.2 cm³/mol. The second kappa shape index (κ2) is 7.67. The van der Waals surface area contributed by atoms with Gasteiger partial charge in [0.05, 0.1) is 6.61 Å². The Balaban J connectivity index is 2.45. The van der Waals surface area contributed by atoms with E-state index >= 15 is 0 Å². The molecule has 0 aromatic heterocycles. The lowest BCUT2D eigenvalue weighted by molar-refractivity contribution is -0.137. The SMILES string of the molecule is C=CC(=O)OCCCC(c1ccccc1)C(C)N. The van der Waals surface area contributed by atoms with Gasteiger partial charge in [0.15, 0.2) is 0 Å². The molecular weight excluding hydrogens is 226 g/mol. The lowest BCUT2D eigenvalue weighted by atomic mass is 9.89. The molecule has 0 heterocycles. The molecule has 0 bridgehead atoms. The fourth-order valence-electron chi connectivity index (χ4n) is 1.97. The Labute approximate surface area is 109 Å². The Bertz CT molecular complexity index is 373. The van der Waals surface area contributed by atoms with Gasteiger partial charge >= 0.3 is 5.97 Å². The molecule has 1 aromatic rings. The van der Waals surface area contributed by atoms with Gasteiger partial charge in [0.25, 0.3) is 0 Å². The third-order valence-electron chi connectivity index (χ3n) is 2.93. The minimum absolute atomic E-state index is 0.0857. The van der Waals surface area contributed by atoms with E-state index in [1.807, 2.05) is 25.1 Å². The van der Waals surface area contributed by atoms with Crippen LogP contribution in [0.4, 0.5) is 0 Å². The summed E-state index contributed by atoms with van der Waals surface area (Å²) in [7, 11) is 0. The summed E-state index contributed by atoms with van der Waals surface area (Å²) in [6.07, 6.45) is 2.90. The fraction of sp³-hybridized carbons (Fsp3) is 0.400. The molecular formula is C15H21NO2. The van der Waals surface area contributed by atoms with Gasteiger partial charge in [-0.25, -0.2) is 4.79 Å². The van der Waals surface area contributed by atoms with Gasteiger partial charge in [-0.05, 0) is 31.2 Å². The number of hydrogen-bond donors (Lipinski definition) is 1. The van der Waals surface area contributed by atoms with Crippen molar-refractivity contribution in [1.82, 2.24) is 0 Å². The van der Waals surface area contributed by atoms with E-state index in [1.165, 1.54) is 11.6 Å². The minimum Gasteiger partial charge on any atom is -0.463 e. The van der Waals surface area contributed by atoms with Gasteiger partial charge in [-0.15, -0.1) is 0 Å². The van der Waals surface area contributed by atoms with Gasteiger partial charge in [-0.3, -0.25) is 0 Å². The lowest BCUT2D eigenvalue weighted by Crippen LogP contribution is -2.25. The third kappa shape index (κ3) is 4.72.